The van der Waals surface area contributed by atoms with Crippen molar-refractivity contribution in [1.82, 2.24) is 4.98 Å². The molecule has 0 aliphatic carbocycles. The van der Waals surface area contributed by atoms with Crippen molar-refractivity contribution in [3.63, 3.8) is 0 Å². The molecular weight excluding hydrogens is 206 g/mol. The maximum absolute atomic E-state index is 11.6. The van der Waals surface area contributed by atoms with Gasteiger partial charge in [-0.2, -0.15) is 0 Å². The number of pyridine rings is 1. The molecule has 0 atom stereocenters. The van der Waals surface area contributed by atoms with Gasteiger partial charge in [-0.15, -0.1) is 0 Å². The Balaban J connectivity index is 2.70. The van der Waals surface area contributed by atoms with Gasteiger partial charge in [-0.25, -0.2) is 4.79 Å². The van der Waals surface area contributed by atoms with Crippen LogP contribution < -0.4 is 5.56 Å². The first-order chi connectivity index (χ1) is 7.74. The largest absolute Gasteiger partial charge is 0.462 e. The molecule has 1 aromatic heterocycles. The molecule has 0 bridgehead atoms. The molecule has 1 aromatic carbocycles. The molecule has 0 amide bonds. The molecule has 0 aliphatic heterocycles. The van der Waals surface area contributed by atoms with Gasteiger partial charge < -0.3 is 9.72 Å². The zero-order chi connectivity index (χ0) is 11.5. The number of aromatic amines is 1. The summed E-state index contributed by atoms with van der Waals surface area (Å²) in [6, 6.07) is 6.86. The minimum atomic E-state index is -0.468. The molecule has 1 N–H and O–H groups in total. The van der Waals surface area contributed by atoms with Gasteiger partial charge in [0.1, 0.15) is 0 Å². The summed E-state index contributed by atoms with van der Waals surface area (Å²) in [5, 5.41) is 1.11. The normalized spacial score (nSPS) is 10.3. The molecule has 0 saturated carbocycles. The van der Waals surface area contributed by atoms with Crippen molar-refractivity contribution in [1.29, 1.82) is 0 Å². The van der Waals surface area contributed by atoms with Crippen molar-refractivity contribution in [3.8, 4) is 0 Å². The van der Waals surface area contributed by atoms with E-state index in [1.54, 1.807) is 37.4 Å². The smallest absolute Gasteiger partial charge is 0.338 e. The Kier molecular flexibility index (Phi) is 2.72. The quantitative estimate of drug-likeness (QED) is 0.779. The van der Waals surface area contributed by atoms with E-state index in [9.17, 15) is 9.59 Å². The Hall–Kier alpha value is -2.10. The highest BCUT2D eigenvalue weighted by molar-refractivity contribution is 6.03. The predicted molar refractivity (Wildman–Crippen MR) is 60.5 cm³/mol. The van der Waals surface area contributed by atoms with Gasteiger partial charge in [0.15, 0.2) is 0 Å². The van der Waals surface area contributed by atoms with E-state index < -0.39 is 5.97 Å². The Bertz CT molecular complexity index is 581. The van der Waals surface area contributed by atoms with Gasteiger partial charge in [-0.05, 0) is 24.4 Å². The zero-order valence-electron chi connectivity index (χ0n) is 8.82. The lowest BCUT2D eigenvalue weighted by Crippen LogP contribution is -2.12. The number of fused-ring (bicyclic) bond motifs is 1. The van der Waals surface area contributed by atoms with Crippen molar-refractivity contribution in [3.05, 3.63) is 46.4 Å². The van der Waals surface area contributed by atoms with E-state index in [-0.39, 0.29) is 5.56 Å². The Morgan fingerprint density at radius 1 is 1.38 bits per heavy atom. The number of carbonyl (C=O) groups excluding carboxylic acids is 1. The molecule has 16 heavy (non-hydrogen) atoms. The average molecular weight is 217 g/mol. The molecule has 4 heteroatoms. The summed E-state index contributed by atoms with van der Waals surface area (Å²) in [5.41, 5.74) is 0.0300. The van der Waals surface area contributed by atoms with Crippen LogP contribution in [0.4, 0.5) is 0 Å². The molecule has 82 valence electrons. The van der Waals surface area contributed by atoms with Gasteiger partial charge in [-0.1, -0.05) is 12.1 Å². The second-order valence-corrected chi connectivity index (χ2v) is 3.30. The molecule has 1 heterocycles. The summed E-state index contributed by atoms with van der Waals surface area (Å²) in [6.45, 7) is 2.02. The maximum atomic E-state index is 11.6. The van der Waals surface area contributed by atoms with Crippen molar-refractivity contribution < 1.29 is 9.53 Å². The van der Waals surface area contributed by atoms with E-state index in [2.05, 4.69) is 4.98 Å². The molecule has 0 saturated heterocycles. The molecule has 2 aromatic rings. The van der Waals surface area contributed by atoms with Crippen LogP contribution in [0.15, 0.2) is 35.3 Å². The third-order valence-corrected chi connectivity index (χ3v) is 2.30. The van der Waals surface area contributed by atoms with Gasteiger partial charge in [0.2, 0.25) is 0 Å². The molecule has 2 rings (SSSR count). The molecule has 0 radical (unpaired) electrons. The number of hydrogen-bond acceptors (Lipinski definition) is 3. The van der Waals surface area contributed by atoms with Gasteiger partial charge in [0.05, 0.1) is 17.6 Å². The summed E-state index contributed by atoms with van der Waals surface area (Å²) >= 11 is 0. The van der Waals surface area contributed by atoms with Gasteiger partial charge in [0, 0.05) is 6.20 Å². The number of esters is 1. The standard InChI is InChI=1S/C12H11NO3/c1-2-16-12(15)9-5-3-4-8-6-7-13-11(14)10(8)9/h3-7H,2H2,1H3,(H,13,14). The Labute approximate surface area is 91.9 Å². The first-order valence-electron chi connectivity index (χ1n) is 5.01. The van der Waals surface area contributed by atoms with E-state index in [0.717, 1.165) is 5.39 Å². The monoisotopic (exact) mass is 217 g/mol. The minimum Gasteiger partial charge on any atom is -0.462 e. The summed E-state index contributed by atoms with van der Waals surface area (Å²) in [4.78, 5) is 25.8. The van der Waals surface area contributed by atoms with Gasteiger partial charge >= 0.3 is 5.97 Å². The maximum Gasteiger partial charge on any atom is 0.338 e. The lowest BCUT2D eigenvalue weighted by Gasteiger charge is -2.04. The van der Waals surface area contributed by atoms with E-state index >= 15 is 0 Å². The summed E-state index contributed by atoms with van der Waals surface area (Å²) in [5.74, 6) is -0.468. The molecule has 0 fully saturated rings. The van der Waals surface area contributed by atoms with Crippen molar-refractivity contribution in [2.75, 3.05) is 6.61 Å². The number of benzene rings is 1. The third-order valence-electron chi connectivity index (χ3n) is 2.30. The number of nitrogens with one attached hydrogen (secondary N) is 1. The van der Waals surface area contributed by atoms with Crippen molar-refractivity contribution >= 4 is 16.7 Å². The van der Waals surface area contributed by atoms with Crippen LogP contribution in [-0.4, -0.2) is 17.6 Å². The van der Waals surface area contributed by atoms with Crippen LogP contribution >= 0.6 is 0 Å². The van der Waals surface area contributed by atoms with E-state index in [1.165, 1.54) is 0 Å². The van der Waals surface area contributed by atoms with Gasteiger partial charge in [-0.3, -0.25) is 4.79 Å². The van der Waals surface area contributed by atoms with Crippen LogP contribution in [0.2, 0.25) is 0 Å². The number of aromatic nitrogens is 1. The Morgan fingerprint density at radius 2 is 2.19 bits per heavy atom. The summed E-state index contributed by atoms with van der Waals surface area (Å²) in [7, 11) is 0. The second-order valence-electron chi connectivity index (χ2n) is 3.30. The van der Waals surface area contributed by atoms with Crippen LogP contribution in [0, 0.1) is 0 Å². The van der Waals surface area contributed by atoms with E-state index in [1.807, 2.05) is 0 Å². The van der Waals surface area contributed by atoms with Gasteiger partial charge in [0.25, 0.3) is 5.56 Å². The van der Waals surface area contributed by atoms with Crippen LogP contribution in [0.5, 0.6) is 0 Å². The fourth-order valence-electron chi connectivity index (χ4n) is 1.62. The summed E-state index contributed by atoms with van der Waals surface area (Å²) in [6.07, 6.45) is 1.56. The van der Waals surface area contributed by atoms with Crippen LogP contribution in [0.25, 0.3) is 10.8 Å². The number of carbonyl (C=O) groups is 1. The van der Waals surface area contributed by atoms with Crippen LogP contribution in [0.3, 0.4) is 0 Å². The molecule has 0 aliphatic rings. The lowest BCUT2D eigenvalue weighted by atomic mass is 10.1. The first-order valence-corrected chi connectivity index (χ1v) is 5.01. The number of H-pyrrole nitrogens is 1. The molecular formula is C12H11NO3. The van der Waals surface area contributed by atoms with Crippen molar-refractivity contribution in [2.45, 2.75) is 6.92 Å². The fraction of sp³-hybridized carbons (Fsp3) is 0.167. The highest BCUT2D eigenvalue weighted by Gasteiger charge is 2.12. The molecule has 0 spiro atoms. The number of rotatable bonds is 2. The highest BCUT2D eigenvalue weighted by atomic mass is 16.5. The van der Waals surface area contributed by atoms with E-state index in [4.69, 9.17) is 4.74 Å². The number of hydrogen-bond donors (Lipinski definition) is 1. The van der Waals surface area contributed by atoms with Crippen LogP contribution in [-0.2, 0) is 4.74 Å². The SMILES string of the molecule is CCOC(=O)c1cccc2cc[nH]c(=O)c12. The second kappa shape index (κ2) is 4.18. The minimum absolute atomic E-state index is 0.277. The fourth-order valence-corrected chi connectivity index (χ4v) is 1.62. The first kappa shape index (κ1) is 10.4. The number of ether oxygens (including phenoxy) is 1. The Morgan fingerprint density at radius 3 is 2.94 bits per heavy atom. The summed E-state index contributed by atoms with van der Waals surface area (Å²) < 4.78 is 4.90. The topological polar surface area (TPSA) is 59.2 Å². The van der Waals surface area contributed by atoms with E-state index in [0.29, 0.717) is 17.6 Å². The lowest BCUT2D eigenvalue weighted by molar-refractivity contribution is 0.0528. The average Bonchev–Trinajstić information content (AvgIpc) is 2.29. The molecule has 4 nitrogen and oxygen atoms in total. The third kappa shape index (κ3) is 1.69. The molecule has 0 unspecified atom stereocenters. The van der Waals surface area contributed by atoms with Crippen LogP contribution in [0.1, 0.15) is 17.3 Å². The predicted octanol–water partition coefficient (Wildman–Crippen LogP) is 1.70. The highest BCUT2D eigenvalue weighted by Crippen LogP contribution is 2.14. The van der Waals surface area contributed by atoms with Crippen molar-refractivity contribution in [2.24, 2.45) is 0 Å². The zero-order valence-corrected chi connectivity index (χ0v) is 8.82.